The number of hydrogen-bond donors (Lipinski definition) is 2. The summed E-state index contributed by atoms with van der Waals surface area (Å²) in [4.78, 5) is 22.8. The van der Waals surface area contributed by atoms with Gasteiger partial charge in [-0.25, -0.2) is 0 Å². The molecule has 2 N–H and O–H groups in total. The Morgan fingerprint density at radius 2 is 2.00 bits per heavy atom. The Hall–Kier alpha value is -1.92. The molecule has 1 unspecified atom stereocenters. The first-order valence-corrected chi connectivity index (χ1v) is 9.81. The van der Waals surface area contributed by atoms with E-state index < -0.39 is 12.1 Å². The number of aliphatic hydroxyl groups is 1. The van der Waals surface area contributed by atoms with E-state index in [-0.39, 0.29) is 24.0 Å². The Morgan fingerprint density at radius 3 is 2.81 bits per heavy atom. The number of benzene rings is 1. The molecule has 0 radical (unpaired) electrons. The van der Waals surface area contributed by atoms with Gasteiger partial charge in [-0.15, -0.1) is 0 Å². The molecule has 1 aromatic carbocycles. The average molecular weight is 376 g/mol. The molecule has 1 saturated carbocycles. The van der Waals surface area contributed by atoms with Crippen LogP contribution in [0.3, 0.4) is 0 Å². The van der Waals surface area contributed by atoms with Crippen molar-refractivity contribution in [2.75, 3.05) is 19.8 Å². The molecule has 6 heteroatoms. The van der Waals surface area contributed by atoms with Crippen molar-refractivity contribution >= 4 is 11.8 Å². The molecule has 0 saturated heterocycles. The number of rotatable bonds is 10. The van der Waals surface area contributed by atoms with Gasteiger partial charge in [0.25, 0.3) is 0 Å². The second-order valence-electron chi connectivity index (χ2n) is 7.49. The highest BCUT2D eigenvalue weighted by Gasteiger charge is 2.35. The summed E-state index contributed by atoms with van der Waals surface area (Å²) < 4.78 is 11.7. The minimum atomic E-state index is -0.784. The summed E-state index contributed by atoms with van der Waals surface area (Å²) in [5.74, 6) is 0.207. The summed E-state index contributed by atoms with van der Waals surface area (Å²) in [6.07, 6.45) is 3.96. The molecule has 0 aliphatic heterocycles. The number of Topliss-reactive ketones (excluding diaryl/α,β-unsaturated/α-hetero) is 1. The number of hydrogen-bond acceptors (Lipinski definition) is 5. The van der Waals surface area contributed by atoms with Gasteiger partial charge in [0, 0.05) is 25.0 Å². The summed E-state index contributed by atoms with van der Waals surface area (Å²) in [7, 11) is 0. The second kappa shape index (κ2) is 9.33. The molecule has 3 atom stereocenters. The van der Waals surface area contributed by atoms with Gasteiger partial charge in [-0.1, -0.05) is 12.1 Å². The first-order chi connectivity index (χ1) is 13.1. The lowest BCUT2D eigenvalue weighted by atomic mass is 9.97. The quantitative estimate of drug-likeness (QED) is 0.610. The van der Waals surface area contributed by atoms with Crippen molar-refractivity contribution < 1.29 is 29.3 Å². The van der Waals surface area contributed by atoms with Gasteiger partial charge in [0.15, 0.2) is 0 Å². The first kappa shape index (κ1) is 19.8. The summed E-state index contributed by atoms with van der Waals surface area (Å²) >= 11 is 0. The summed E-state index contributed by atoms with van der Waals surface area (Å²) in [6.45, 7) is 1.38. The van der Waals surface area contributed by atoms with Crippen LogP contribution in [0.2, 0.25) is 0 Å². The van der Waals surface area contributed by atoms with E-state index in [4.69, 9.17) is 14.6 Å². The Morgan fingerprint density at radius 1 is 1.15 bits per heavy atom. The molecular formula is C21H28O6. The molecule has 2 aliphatic carbocycles. The van der Waals surface area contributed by atoms with E-state index in [0.29, 0.717) is 39.1 Å². The number of carboxylic acid groups (broad SMARTS) is 1. The third-order valence-electron chi connectivity index (χ3n) is 5.62. The summed E-state index contributed by atoms with van der Waals surface area (Å²) in [5.41, 5.74) is 1.99. The third kappa shape index (κ3) is 5.08. The van der Waals surface area contributed by atoms with Crippen LogP contribution in [0, 0.1) is 11.8 Å². The number of carboxylic acids is 1. The van der Waals surface area contributed by atoms with Crippen molar-refractivity contribution in [2.24, 2.45) is 11.8 Å². The lowest BCUT2D eigenvalue weighted by molar-refractivity contribution is -0.137. The maximum Gasteiger partial charge on any atom is 0.303 e. The molecular weight excluding hydrogens is 348 g/mol. The van der Waals surface area contributed by atoms with E-state index in [0.717, 1.165) is 36.1 Å². The van der Waals surface area contributed by atoms with Crippen LogP contribution in [0.5, 0.6) is 5.75 Å². The lowest BCUT2D eigenvalue weighted by Gasteiger charge is -2.20. The van der Waals surface area contributed by atoms with Crippen LogP contribution in [-0.2, 0) is 20.7 Å². The molecule has 0 spiro atoms. The largest absolute Gasteiger partial charge is 0.493 e. The molecule has 3 rings (SSSR count). The number of aliphatic hydroxyl groups excluding tert-OH is 1. The van der Waals surface area contributed by atoms with E-state index in [1.165, 1.54) is 0 Å². The van der Waals surface area contributed by atoms with Crippen LogP contribution in [0.25, 0.3) is 0 Å². The fourth-order valence-corrected chi connectivity index (χ4v) is 4.03. The third-order valence-corrected chi connectivity index (χ3v) is 5.62. The zero-order valence-corrected chi connectivity index (χ0v) is 15.6. The van der Waals surface area contributed by atoms with Crippen molar-refractivity contribution in [3.63, 3.8) is 0 Å². The van der Waals surface area contributed by atoms with Gasteiger partial charge in [-0.2, -0.15) is 0 Å². The van der Waals surface area contributed by atoms with Gasteiger partial charge >= 0.3 is 5.97 Å². The van der Waals surface area contributed by atoms with Gasteiger partial charge < -0.3 is 19.7 Å². The predicted octanol–water partition coefficient (Wildman–Crippen LogP) is 2.91. The minimum Gasteiger partial charge on any atom is -0.493 e. The molecule has 0 aromatic heterocycles. The molecule has 27 heavy (non-hydrogen) atoms. The monoisotopic (exact) mass is 376 g/mol. The smallest absolute Gasteiger partial charge is 0.303 e. The Balaban J connectivity index is 1.47. The Labute approximate surface area is 159 Å². The number of ketones is 1. The van der Waals surface area contributed by atoms with Gasteiger partial charge in [0.1, 0.15) is 11.5 Å². The van der Waals surface area contributed by atoms with Gasteiger partial charge in [-0.05, 0) is 49.7 Å². The topological polar surface area (TPSA) is 93.1 Å². The standard InChI is InChI=1S/C21H28O6/c22-18-10-8-16-15(18)4-3-5-20(16)27-13-17-14(7-9-19(17)23)12-26-11-2-1-6-21(24)25/h3-5,14,17-18,22H,1-2,6-13H2,(H,24,25)/t14-,17-,18?/m1/s1. The number of unbranched alkanes of at least 4 members (excludes halogenated alkanes) is 1. The van der Waals surface area contributed by atoms with E-state index >= 15 is 0 Å². The highest BCUT2D eigenvalue weighted by Crippen LogP contribution is 2.37. The van der Waals surface area contributed by atoms with E-state index in [1.54, 1.807) is 0 Å². The Bertz CT molecular complexity index is 671. The fraction of sp³-hybridized carbons (Fsp3) is 0.619. The highest BCUT2D eigenvalue weighted by atomic mass is 16.5. The van der Waals surface area contributed by atoms with Crippen molar-refractivity contribution in [3.05, 3.63) is 29.3 Å². The maximum atomic E-state index is 12.3. The van der Waals surface area contributed by atoms with E-state index in [9.17, 15) is 14.7 Å². The van der Waals surface area contributed by atoms with Gasteiger partial charge in [0.05, 0.1) is 25.2 Å². The van der Waals surface area contributed by atoms with Crippen LogP contribution in [0.4, 0.5) is 0 Å². The molecule has 0 heterocycles. The normalized spacial score (nSPS) is 24.2. The van der Waals surface area contributed by atoms with Gasteiger partial charge in [-0.3, -0.25) is 9.59 Å². The number of carbonyl (C=O) groups is 2. The van der Waals surface area contributed by atoms with Crippen LogP contribution in [-0.4, -0.2) is 41.8 Å². The second-order valence-corrected chi connectivity index (χ2v) is 7.49. The maximum absolute atomic E-state index is 12.3. The average Bonchev–Trinajstić information content (AvgIpc) is 3.19. The van der Waals surface area contributed by atoms with E-state index in [2.05, 4.69) is 0 Å². The first-order valence-electron chi connectivity index (χ1n) is 9.81. The Kier molecular flexibility index (Phi) is 6.85. The zero-order chi connectivity index (χ0) is 19.2. The molecule has 1 fully saturated rings. The summed E-state index contributed by atoms with van der Waals surface area (Å²) in [5, 5.41) is 18.6. The summed E-state index contributed by atoms with van der Waals surface area (Å²) in [6, 6.07) is 5.72. The number of aliphatic carboxylic acids is 1. The van der Waals surface area contributed by atoms with Crippen LogP contribution >= 0.6 is 0 Å². The number of fused-ring (bicyclic) bond motifs is 1. The van der Waals surface area contributed by atoms with Gasteiger partial charge in [0.2, 0.25) is 0 Å². The van der Waals surface area contributed by atoms with E-state index in [1.807, 2.05) is 18.2 Å². The predicted molar refractivity (Wildman–Crippen MR) is 98.7 cm³/mol. The molecule has 2 aliphatic rings. The van der Waals surface area contributed by atoms with Crippen molar-refractivity contribution in [1.29, 1.82) is 0 Å². The number of carbonyl (C=O) groups excluding carboxylic acids is 1. The van der Waals surface area contributed by atoms with Crippen molar-refractivity contribution in [1.82, 2.24) is 0 Å². The molecule has 0 amide bonds. The molecule has 0 bridgehead atoms. The van der Waals surface area contributed by atoms with Crippen LogP contribution < -0.4 is 4.74 Å². The van der Waals surface area contributed by atoms with Crippen molar-refractivity contribution in [3.8, 4) is 5.75 Å². The zero-order valence-electron chi connectivity index (χ0n) is 15.6. The SMILES string of the molecule is O=C(O)CCCCOC[C@H]1CCC(=O)[C@@H]1COc1cccc2c1CCC2O. The lowest BCUT2D eigenvalue weighted by Crippen LogP contribution is -2.26. The van der Waals surface area contributed by atoms with Crippen molar-refractivity contribution in [2.45, 2.75) is 51.0 Å². The molecule has 148 valence electrons. The van der Waals surface area contributed by atoms with Crippen LogP contribution in [0.1, 0.15) is 55.8 Å². The molecule has 1 aromatic rings. The molecule has 6 nitrogen and oxygen atoms in total. The highest BCUT2D eigenvalue weighted by molar-refractivity contribution is 5.83. The fourth-order valence-electron chi connectivity index (χ4n) is 4.03. The van der Waals surface area contributed by atoms with Crippen LogP contribution in [0.15, 0.2) is 18.2 Å². The number of ether oxygens (including phenoxy) is 2. The minimum absolute atomic E-state index is 0.152.